The van der Waals surface area contributed by atoms with Gasteiger partial charge >= 0.3 is 5.63 Å². The maximum absolute atomic E-state index is 11.8. The van der Waals surface area contributed by atoms with E-state index in [1.807, 2.05) is 13.0 Å². The fraction of sp³-hybridized carbons (Fsp3) is 0.412. The summed E-state index contributed by atoms with van der Waals surface area (Å²) < 4.78 is 6.04. The summed E-state index contributed by atoms with van der Waals surface area (Å²) >= 11 is 6.99. The second-order valence-electron chi connectivity index (χ2n) is 5.15. The maximum atomic E-state index is 11.8. The van der Waals surface area contributed by atoms with Crippen LogP contribution in [0.4, 0.5) is 0 Å². The molecule has 6 heteroatoms. The zero-order valence-electron chi connectivity index (χ0n) is 13.6. The monoisotopic (exact) mass is 351 g/mol. The summed E-state index contributed by atoms with van der Waals surface area (Å²) in [6.45, 7) is 7.85. The van der Waals surface area contributed by atoms with Gasteiger partial charge in [0, 0.05) is 36.4 Å². The third kappa shape index (κ3) is 4.06. The molecular formula is C17H21NO3S2. The van der Waals surface area contributed by atoms with Crippen LogP contribution in [0.15, 0.2) is 27.4 Å². The lowest BCUT2D eigenvalue weighted by molar-refractivity contribution is 0.466. The van der Waals surface area contributed by atoms with Crippen LogP contribution in [0.2, 0.25) is 0 Å². The summed E-state index contributed by atoms with van der Waals surface area (Å²) in [6, 6.07) is 4.92. The molecule has 0 radical (unpaired) electrons. The Bertz CT molecular complexity index is 766. The molecule has 1 aromatic heterocycles. The molecule has 23 heavy (non-hydrogen) atoms. The van der Waals surface area contributed by atoms with Crippen molar-refractivity contribution in [2.45, 2.75) is 32.9 Å². The van der Waals surface area contributed by atoms with Crippen molar-refractivity contribution in [2.75, 3.05) is 13.1 Å². The molecule has 0 aliphatic rings. The van der Waals surface area contributed by atoms with Crippen LogP contribution in [-0.4, -0.2) is 27.4 Å². The van der Waals surface area contributed by atoms with Gasteiger partial charge in [-0.25, -0.2) is 4.79 Å². The highest BCUT2D eigenvalue weighted by atomic mass is 32.2. The lowest BCUT2D eigenvalue weighted by atomic mass is 10.1. The van der Waals surface area contributed by atoms with Crippen LogP contribution >= 0.6 is 24.0 Å². The number of nitrogens with zero attached hydrogens (tertiary/aromatic N) is 1. The summed E-state index contributed by atoms with van der Waals surface area (Å²) in [5.74, 6) is 0.761. The van der Waals surface area contributed by atoms with Gasteiger partial charge in [0.1, 0.15) is 15.7 Å². The van der Waals surface area contributed by atoms with E-state index in [0.29, 0.717) is 17.8 Å². The summed E-state index contributed by atoms with van der Waals surface area (Å²) in [5.41, 5.74) is 1.72. The van der Waals surface area contributed by atoms with Gasteiger partial charge in [0.25, 0.3) is 0 Å². The molecule has 1 heterocycles. The molecule has 0 aliphatic heterocycles. The second-order valence-corrected chi connectivity index (χ2v) is 6.76. The first-order valence-corrected chi connectivity index (χ1v) is 9.09. The van der Waals surface area contributed by atoms with E-state index in [1.54, 1.807) is 11.8 Å². The fourth-order valence-corrected chi connectivity index (χ4v) is 3.82. The minimum absolute atomic E-state index is 0.159. The van der Waals surface area contributed by atoms with Gasteiger partial charge in [-0.3, -0.25) is 0 Å². The van der Waals surface area contributed by atoms with E-state index in [2.05, 4.69) is 18.7 Å². The lowest BCUT2D eigenvalue weighted by Crippen LogP contribution is -2.26. The molecule has 124 valence electrons. The molecule has 0 atom stereocenters. The number of thioether (sulfide) groups is 1. The molecule has 4 nitrogen and oxygen atoms in total. The standard InChI is InChI=1S/C17H21NO3S2/c1-4-11-7-13-12(10-23-17(22)18(5-2)6-3)8-16(20)21-15(13)9-14(11)19/h7-9,19H,4-6,10H2,1-3H3. The van der Waals surface area contributed by atoms with Gasteiger partial charge < -0.3 is 14.4 Å². The Kier molecular flexibility index (Phi) is 6.07. The first-order valence-electron chi connectivity index (χ1n) is 7.70. The molecule has 1 aromatic carbocycles. The zero-order valence-corrected chi connectivity index (χ0v) is 15.2. The Hall–Kier alpha value is -1.53. The summed E-state index contributed by atoms with van der Waals surface area (Å²) in [5, 5.41) is 10.8. The van der Waals surface area contributed by atoms with Gasteiger partial charge in [-0.2, -0.15) is 0 Å². The van der Waals surface area contributed by atoms with Crippen LogP contribution in [0.3, 0.4) is 0 Å². The van der Waals surface area contributed by atoms with E-state index >= 15 is 0 Å². The number of phenolic OH excluding ortho intramolecular Hbond substituents is 1. The molecule has 0 saturated heterocycles. The average molecular weight is 351 g/mol. The Labute approximate surface area is 145 Å². The lowest BCUT2D eigenvalue weighted by Gasteiger charge is -2.21. The van der Waals surface area contributed by atoms with Crippen molar-refractivity contribution < 1.29 is 9.52 Å². The number of thiocarbonyl (C=S) groups is 1. The van der Waals surface area contributed by atoms with Crippen molar-refractivity contribution in [1.82, 2.24) is 4.90 Å². The van der Waals surface area contributed by atoms with Crippen LogP contribution in [0.1, 0.15) is 31.9 Å². The van der Waals surface area contributed by atoms with Gasteiger partial charge in [-0.05, 0) is 37.5 Å². The number of aromatic hydroxyl groups is 1. The highest BCUT2D eigenvalue weighted by molar-refractivity contribution is 8.22. The number of hydrogen-bond acceptors (Lipinski definition) is 5. The van der Waals surface area contributed by atoms with Crippen LogP contribution in [-0.2, 0) is 12.2 Å². The quantitative estimate of drug-likeness (QED) is 0.651. The number of hydrogen-bond donors (Lipinski definition) is 1. The predicted octanol–water partition coefficient (Wildman–Crippen LogP) is 3.92. The average Bonchev–Trinajstić information content (AvgIpc) is 2.53. The minimum atomic E-state index is -0.412. The van der Waals surface area contributed by atoms with Crippen LogP contribution in [0.25, 0.3) is 11.0 Å². The first-order chi connectivity index (χ1) is 11.0. The van der Waals surface area contributed by atoms with E-state index in [-0.39, 0.29) is 5.75 Å². The van der Waals surface area contributed by atoms with E-state index in [4.69, 9.17) is 16.6 Å². The normalized spacial score (nSPS) is 10.9. The predicted molar refractivity (Wildman–Crippen MR) is 100 cm³/mol. The number of phenols is 1. The van der Waals surface area contributed by atoms with Crippen LogP contribution in [0, 0.1) is 0 Å². The summed E-state index contributed by atoms with van der Waals surface area (Å²) in [6.07, 6.45) is 0.714. The van der Waals surface area contributed by atoms with Crippen LogP contribution < -0.4 is 5.63 Å². The highest BCUT2D eigenvalue weighted by Crippen LogP contribution is 2.29. The minimum Gasteiger partial charge on any atom is -0.508 e. The van der Waals surface area contributed by atoms with Crippen LogP contribution in [0.5, 0.6) is 5.75 Å². The molecule has 0 unspecified atom stereocenters. The van der Waals surface area contributed by atoms with E-state index in [0.717, 1.165) is 33.9 Å². The second kappa shape index (κ2) is 7.84. The molecule has 2 rings (SSSR count). The summed E-state index contributed by atoms with van der Waals surface area (Å²) in [7, 11) is 0. The molecule has 0 aliphatic carbocycles. The molecule has 0 spiro atoms. The highest BCUT2D eigenvalue weighted by Gasteiger charge is 2.12. The molecule has 0 amide bonds. The molecule has 2 aromatic rings. The molecule has 0 fully saturated rings. The smallest absolute Gasteiger partial charge is 0.336 e. The van der Waals surface area contributed by atoms with E-state index in [9.17, 15) is 9.90 Å². The number of aryl methyl sites for hydroxylation is 1. The maximum Gasteiger partial charge on any atom is 0.336 e. The van der Waals surface area contributed by atoms with E-state index < -0.39 is 5.63 Å². The van der Waals surface area contributed by atoms with Gasteiger partial charge in [-0.15, -0.1) is 0 Å². The zero-order chi connectivity index (χ0) is 17.0. The van der Waals surface area contributed by atoms with Crippen molar-refractivity contribution in [3.05, 3.63) is 39.7 Å². The summed E-state index contributed by atoms with van der Waals surface area (Å²) in [4.78, 5) is 13.9. The van der Waals surface area contributed by atoms with Gasteiger partial charge in [-0.1, -0.05) is 30.9 Å². The first kappa shape index (κ1) is 17.8. The molecule has 1 N–H and O–H groups in total. The van der Waals surface area contributed by atoms with Crippen molar-refractivity contribution in [1.29, 1.82) is 0 Å². The molecule has 0 bridgehead atoms. The Morgan fingerprint density at radius 3 is 2.52 bits per heavy atom. The van der Waals surface area contributed by atoms with Crippen molar-refractivity contribution in [3.63, 3.8) is 0 Å². The molecule has 0 saturated carbocycles. The van der Waals surface area contributed by atoms with Crippen molar-refractivity contribution in [3.8, 4) is 5.75 Å². The SMILES string of the molecule is CCc1cc2c(CSC(=S)N(CC)CC)cc(=O)oc2cc1O. The van der Waals surface area contributed by atoms with E-state index in [1.165, 1.54) is 12.1 Å². The Balaban J connectivity index is 2.36. The van der Waals surface area contributed by atoms with Gasteiger partial charge in [0.15, 0.2) is 0 Å². The topological polar surface area (TPSA) is 53.7 Å². The van der Waals surface area contributed by atoms with Crippen molar-refractivity contribution in [2.24, 2.45) is 0 Å². The fourth-order valence-electron chi connectivity index (χ4n) is 2.42. The Morgan fingerprint density at radius 1 is 1.22 bits per heavy atom. The molecular weight excluding hydrogens is 330 g/mol. The Morgan fingerprint density at radius 2 is 1.91 bits per heavy atom. The number of benzene rings is 1. The van der Waals surface area contributed by atoms with Crippen molar-refractivity contribution >= 4 is 39.3 Å². The number of fused-ring (bicyclic) bond motifs is 1. The third-order valence-corrected chi connectivity index (χ3v) is 5.36. The largest absolute Gasteiger partial charge is 0.508 e. The van der Waals surface area contributed by atoms with Gasteiger partial charge in [0.05, 0.1) is 0 Å². The third-order valence-electron chi connectivity index (χ3n) is 3.78. The number of rotatable bonds is 5. The van der Waals surface area contributed by atoms with Gasteiger partial charge in [0.2, 0.25) is 0 Å².